The number of amides is 1. The van der Waals surface area contributed by atoms with Crippen molar-refractivity contribution in [2.45, 2.75) is 51.8 Å². The summed E-state index contributed by atoms with van der Waals surface area (Å²) in [4.78, 5) is 15.2. The van der Waals surface area contributed by atoms with Crippen LogP contribution in [0.1, 0.15) is 42.4 Å². The molecule has 0 aromatic heterocycles. The highest BCUT2D eigenvalue weighted by atomic mass is 16.5. The minimum absolute atomic E-state index is 0.103. The second-order valence-electron chi connectivity index (χ2n) is 7.51. The normalized spacial score (nSPS) is 19.5. The van der Waals surface area contributed by atoms with Crippen LogP contribution < -0.4 is 4.74 Å². The number of methoxy groups -OCH3 is 1. The molecule has 0 heterocycles. The Kier molecular flexibility index (Phi) is 6.51. The second kappa shape index (κ2) is 9.05. The van der Waals surface area contributed by atoms with Crippen molar-refractivity contribution >= 4 is 5.91 Å². The molecule has 1 N–H and O–H groups in total. The van der Waals surface area contributed by atoms with Gasteiger partial charge in [0.05, 0.1) is 13.2 Å². The molecule has 1 fully saturated rings. The van der Waals surface area contributed by atoms with Crippen molar-refractivity contribution in [3.63, 3.8) is 0 Å². The van der Waals surface area contributed by atoms with Crippen LogP contribution >= 0.6 is 0 Å². The van der Waals surface area contributed by atoms with Gasteiger partial charge in [-0.3, -0.25) is 4.79 Å². The molecule has 144 valence electrons. The van der Waals surface area contributed by atoms with Crippen LogP contribution in [0.25, 0.3) is 0 Å². The van der Waals surface area contributed by atoms with E-state index < -0.39 is 0 Å². The lowest BCUT2D eigenvalue weighted by atomic mass is 9.86. The van der Waals surface area contributed by atoms with Crippen molar-refractivity contribution in [2.24, 2.45) is 5.92 Å². The van der Waals surface area contributed by atoms with E-state index in [1.807, 2.05) is 35.2 Å². The lowest BCUT2D eigenvalue weighted by Gasteiger charge is -2.31. The standard InChI is InChI=1S/C23H29NO3/c1-17-7-5-8-18(13-17)15-24(16-20-9-3-4-12-22(20)27-2)23(26)19-10-6-11-21(25)14-19/h3-5,7-9,12-13,19,21,25H,6,10-11,14-16H2,1-2H3/t19-,21+/m0/s1. The van der Waals surface area contributed by atoms with E-state index in [4.69, 9.17) is 4.74 Å². The highest BCUT2D eigenvalue weighted by Gasteiger charge is 2.30. The summed E-state index contributed by atoms with van der Waals surface area (Å²) in [7, 11) is 1.66. The average molecular weight is 367 g/mol. The number of aryl methyl sites for hydroxylation is 1. The maximum Gasteiger partial charge on any atom is 0.226 e. The Labute approximate surface area is 161 Å². The number of hydrogen-bond donors (Lipinski definition) is 1. The summed E-state index contributed by atoms with van der Waals surface area (Å²) >= 11 is 0. The summed E-state index contributed by atoms with van der Waals surface area (Å²) in [5, 5.41) is 10.0. The summed E-state index contributed by atoms with van der Waals surface area (Å²) in [5.74, 6) is 0.817. The van der Waals surface area contributed by atoms with Gasteiger partial charge in [0.2, 0.25) is 5.91 Å². The van der Waals surface area contributed by atoms with E-state index >= 15 is 0 Å². The second-order valence-corrected chi connectivity index (χ2v) is 7.51. The molecule has 0 radical (unpaired) electrons. The number of rotatable bonds is 6. The van der Waals surface area contributed by atoms with E-state index in [0.717, 1.165) is 36.1 Å². The molecule has 0 unspecified atom stereocenters. The minimum atomic E-state index is -0.361. The highest BCUT2D eigenvalue weighted by Crippen LogP contribution is 2.28. The van der Waals surface area contributed by atoms with Crippen molar-refractivity contribution in [3.8, 4) is 5.75 Å². The lowest BCUT2D eigenvalue weighted by Crippen LogP contribution is -2.38. The van der Waals surface area contributed by atoms with E-state index in [1.165, 1.54) is 5.56 Å². The van der Waals surface area contributed by atoms with Gasteiger partial charge in [-0.2, -0.15) is 0 Å². The van der Waals surface area contributed by atoms with Crippen molar-refractivity contribution in [1.29, 1.82) is 0 Å². The third-order valence-corrected chi connectivity index (χ3v) is 5.32. The summed E-state index contributed by atoms with van der Waals surface area (Å²) in [6.07, 6.45) is 2.76. The van der Waals surface area contributed by atoms with Crippen LogP contribution in [0.15, 0.2) is 48.5 Å². The number of carbonyl (C=O) groups excluding carboxylic acids is 1. The molecule has 0 bridgehead atoms. The van der Waals surface area contributed by atoms with E-state index in [9.17, 15) is 9.90 Å². The third-order valence-electron chi connectivity index (χ3n) is 5.32. The highest BCUT2D eigenvalue weighted by molar-refractivity contribution is 5.79. The number of carbonyl (C=O) groups is 1. The van der Waals surface area contributed by atoms with Crippen LogP contribution in [0, 0.1) is 12.8 Å². The predicted molar refractivity (Wildman–Crippen MR) is 106 cm³/mol. The first-order chi connectivity index (χ1) is 13.1. The van der Waals surface area contributed by atoms with Gasteiger partial charge in [0, 0.05) is 24.6 Å². The maximum atomic E-state index is 13.3. The average Bonchev–Trinajstić information content (AvgIpc) is 2.67. The Morgan fingerprint density at radius 1 is 1.15 bits per heavy atom. The van der Waals surface area contributed by atoms with Gasteiger partial charge >= 0.3 is 0 Å². The Morgan fingerprint density at radius 3 is 2.70 bits per heavy atom. The quantitative estimate of drug-likeness (QED) is 0.837. The molecule has 3 rings (SSSR count). The largest absolute Gasteiger partial charge is 0.496 e. The van der Waals surface area contributed by atoms with Crippen LogP contribution in [-0.4, -0.2) is 29.1 Å². The summed E-state index contributed by atoms with van der Waals surface area (Å²) in [5.41, 5.74) is 3.30. The topological polar surface area (TPSA) is 49.8 Å². The monoisotopic (exact) mass is 367 g/mol. The van der Waals surface area contributed by atoms with Crippen LogP contribution in [0.3, 0.4) is 0 Å². The van der Waals surface area contributed by atoms with Crippen molar-refractivity contribution in [2.75, 3.05) is 7.11 Å². The number of hydrogen-bond acceptors (Lipinski definition) is 3. The summed E-state index contributed by atoms with van der Waals surface area (Å²) in [6, 6.07) is 16.1. The number of benzene rings is 2. The fourth-order valence-electron chi connectivity index (χ4n) is 3.93. The van der Waals surface area contributed by atoms with Gasteiger partial charge in [0.25, 0.3) is 0 Å². The summed E-state index contributed by atoms with van der Waals surface area (Å²) < 4.78 is 5.48. The van der Waals surface area contributed by atoms with Crippen molar-refractivity contribution in [1.82, 2.24) is 4.90 Å². The Balaban J connectivity index is 1.84. The van der Waals surface area contributed by atoms with Gasteiger partial charge in [0.1, 0.15) is 5.75 Å². The Bertz CT molecular complexity index is 774. The minimum Gasteiger partial charge on any atom is -0.496 e. The molecule has 1 amide bonds. The number of aliphatic hydroxyl groups is 1. The first kappa shape index (κ1) is 19.4. The van der Waals surface area contributed by atoms with Gasteiger partial charge in [-0.15, -0.1) is 0 Å². The molecule has 0 aliphatic heterocycles. The fourth-order valence-corrected chi connectivity index (χ4v) is 3.93. The maximum absolute atomic E-state index is 13.3. The van der Waals surface area contributed by atoms with Crippen molar-refractivity contribution in [3.05, 3.63) is 65.2 Å². The molecule has 4 nitrogen and oxygen atoms in total. The van der Waals surface area contributed by atoms with Crippen molar-refractivity contribution < 1.29 is 14.6 Å². The van der Waals surface area contributed by atoms with Gasteiger partial charge in [-0.05, 0) is 37.8 Å². The van der Waals surface area contributed by atoms with E-state index in [-0.39, 0.29) is 17.9 Å². The Hall–Kier alpha value is -2.33. The Morgan fingerprint density at radius 2 is 1.96 bits per heavy atom. The first-order valence-electron chi connectivity index (χ1n) is 9.71. The van der Waals surface area contributed by atoms with Gasteiger partial charge in [-0.25, -0.2) is 0 Å². The molecule has 1 aliphatic rings. The van der Waals surface area contributed by atoms with E-state index in [1.54, 1.807) is 7.11 Å². The molecule has 0 saturated heterocycles. The molecule has 2 aromatic carbocycles. The van der Waals surface area contributed by atoms with Crippen LogP contribution in [0.4, 0.5) is 0 Å². The molecule has 1 aliphatic carbocycles. The SMILES string of the molecule is COc1ccccc1CN(Cc1cccc(C)c1)C(=O)[C@H]1CCC[C@@H](O)C1. The molecule has 4 heteroatoms. The molecular weight excluding hydrogens is 338 g/mol. The predicted octanol–water partition coefficient (Wildman–Crippen LogP) is 4.08. The zero-order valence-electron chi connectivity index (χ0n) is 16.2. The van der Waals surface area contributed by atoms with Crippen LogP contribution in [0.2, 0.25) is 0 Å². The van der Waals surface area contributed by atoms with E-state index in [0.29, 0.717) is 19.5 Å². The number of aliphatic hydroxyl groups excluding tert-OH is 1. The summed E-state index contributed by atoms with van der Waals surface area (Å²) in [6.45, 7) is 3.13. The smallest absolute Gasteiger partial charge is 0.226 e. The van der Waals surface area contributed by atoms with Crippen LogP contribution in [0.5, 0.6) is 5.75 Å². The molecule has 27 heavy (non-hydrogen) atoms. The number of para-hydroxylation sites is 1. The zero-order valence-corrected chi connectivity index (χ0v) is 16.2. The van der Waals surface area contributed by atoms with Gasteiger partial charge in [0.15, 0.2) is 0 Å². The molecule has 0 spiro atoms. The lowest BCUT2D eigenvalue weighted by molar-refractivity contribution is -0.139. The van der Waals surface area contributed by atoms with E-state index in [2.05, 4.69) is 25.1 Å². The number of ether oxygens (including phenoxy) is 1. The fraction of sp³-hybridized carbons (Fsp3) is 0.435. The molecule has 1 saturated carbocycles. The molecular formula is C23H29NO3. The van der Waals surface area contributed by atoms with Crippen LogP contribution in [-0.2, 0) is 17.9 Å². The number of nitrogens with zero attached hydrogens (tertiary/aromatic N) is 1. The zero-order chi connectivity index (χ0) is 19.2. The third kappa shape index (κ3) is 5.10. The molecule has 2 atom stereocenters. The van der Waals surface area contributed by atoms with Gasteiger partial charge < -0.3 is 14.7 Å². The molecule has 2 aromatic rings. The van der Waals surface area contributed by atoms with Gasteiger partial charge in [-0.1, -0.05) is 54.4 Å². The first-order valence-corrected chi connectivity index (χ1v) is 9.71.